The van der Waals surface area contributed by atoms with Crippen LogP contribution >= 0.6 is 11.3 Å². The summed E-state index contributed by atoms with van der Waals surface area (Å²) in [5.74, 6) is -0.390. The molecule has 4 aromatic rings. The summed E-state index contributed by atoms with van der Waals surface area (Å²) in [5.41, 5.74) is 3.72. The van der Waals surface area contributed by atoms with Crippen molar-refractivity contribution in [3.8, 4) is 0 Å². The lowest BCUT2D eigenvalue weighted by Gasteiger charge is -2.18. The second kappa shape index (κ2) is 7.10. The van der Waals surface area contributed by atoms with Gasteiger partial charge in [0, 0.05) is 5.69 Å². The molecule has 3 aromatic carbocycles. The highest BCUT2D eigenvalue weighted by atomic mass is 32.1. The fourth-order valence-corrected chi connectivity index (χ4v) is 3.98. The van der Waals surface area contributed by atoms with Gasteiger partial charge in [-0.2, -0.15) is 0 Å². The van der Waals surface area contributed by atoms with E-state index in [2.05, 4.69) is 10.3 Å². The number of carbonyl (C=O) groups is 1. The molecule has 0 radical (unpaired) electrons. The van der Waals surface area contributed by atoms with Gasteiger partial charge in [-0.1, -0.05) is 60.7 Å². The monoisotopic (exact) mass is 358 g/mol. The van der Waals surface area contributed by atoms with Crippen LogP contribution in [0.4, 0.5) is 5.69 Å². The first-order chi connectivity index (χ1) is 12.7. The van der Waals surface area contributed by atoms with E-state index in [4.69, 9.17) is 0 Å². The summed E-state index contributed by atoms with van der Waals surface area (Å²) in [4.78, 5) is 17.6. The zero-order valence-corrected chi connectivity index (χ0v) is 15.2. The smallest absolute Gasteiger partial charge is 0.236 e. The van der Waals surface area contributed by atoms with Gasteiger partial charge in [0.15, 0.2) is 0 Å². The third-order valence-corrected chi connectivity index (χ3v) is 5.22. The summed E-state index contributed by atoms with van der Waals surface area (Å²) in [6.45, 7) is 1.99. The molecule has 26 heavy (non-hydrogen) atoms. The van der Waals surface area contributed by atoms with Gasteiger partial charge in [-0.3, -0.25) is 4.79 Å². The highest BCUT2D eigenvalue weighted by molar-refractivity contribution is 7.18. The molecule has 0 spiro atoms. The Kier molecular flexibility index (Phi) is 4.50. The molecule has 0 atom stereocenters. The number of thiazole rings is 1. The molecule has 1 N–H and O–H groups in total. The quantitative estimate of drug-likeness (QED) is 0.532. The Morgan fingerprint density at radius 3 is 2.15 bits per heavy atom. The number of nitrogens with one attached hydrogen (secondary N) is 1. The fourth-order valence-electron chi connectivity index (χ4n) is 3.12. The van der Waals surface area contributed by atoms with E-state index >= 15 is 0 Å². The average Bonchev–Trinajstić information content (AvgIpc) is 3.03. The Morgan fingerprint density at radius 1 is 0.923 bits per heavy atom. The van der Waals surface area contributed by atoms with Gasteiger partial charge < -0.3 is 5.32 Å². The van der Waals surface area contributed by atoms with E-state index in [1.54, 1.807) is 11.3 Å². The van der Waals surface area contributed by atoms with Crippen molar-refractivity contribution in [1.82, 2.24) is 4.98 Å². The standard InChI is InChI=1S/C22H18N2OS/c1-15-23-19-13-12-18(14-20(19)26-15)24-22(25)21(16-8-4-2-5-9-16)17-10-6-3-7-11-17/h2-14,21H,1H3,(H,24,25). The van der Waals surface area contributed by atoms with Crippen molar-refractivity contribution in [1.29, 1.82) is 0 Å². The van der Waals surface area contributed by atoms with Gasteiger partial charge in [-0.25, -0.2) is 4.98 Å². The summed E-state index contributed by atoms with van der Waals surface area (Å²) in [7, 11) is 0. The summed E-state index contributed by atoms with van der Waals surface area (Å²) in [6.07, 6.45) is 0. The Balaban J connectivity index is 1.67. The third-order valence-electron chi connectivity index (χ3n) is 4.29. The number of hydrogen-bond donors (Lipinski definition) is 1. The molecule has 0 unspecified atom stereocenters. The number of amides is 1. The van der Waals surface area contributed by atoms with Gasteiger partial charge in [0.1, 0.15) is 0 Å². The molecule has 0 saturated carbocycles. The number of aryl methyl sites for hydroxylation is 1. The predicted molar refractivity (Wildman–Crippen MR) is 108 cm³/mol. The fraction of sp³-hybridized carbons (Fsp3) is 0.0909. The largest absolute Gasteiger partial charge is 0.325 e. The summed E-state index contributed by atoms with van der Waals surface area (Å²) in [5, 5.41) is 4.10. The van der Waals surface area contributed by atoms with Gasteiger partial charge in [0.2, 0.25) is 5.91 Å². The Morgan fingerprint density at radius 2 is 1.54 bits per heavy atom. The molecule has 4 rings (SSSR count). The number of nitrogens with zero attached hydrogens (tertiary/aromatic N) is 1. The topological polar surface area (TPSA) is 42.0 Å². The molecule has 0 saturated heterocycles. The van der Waals surface area contributed by atoms with Gasteiger partial charge in [-0.05, 0) is 36.2 Å². The van der Waals surface area contributed by atoms with Gasteiger partial charge in [0.05, 0.1) is 21.1 Å². The van der Waals surface area contributed by atoms with E-state index in [-0.39, 0.29) is 11.8 Å². The minimum Gasteiger partial charge on any atom is -0.325 e. The van der Waals surface area contributed by atoms with E-state index in [0.29, 0.717) is 0 Å². The lowest BCUT2D eigenvalue weighted by Crippen LogP contribution is -2.22. The minimum absolute atomic E-state index is 0.0389. The molecular weight excluding hydrogens is 340 g/mol. The highest BCUT2D eigenvalue weighted by Crippen LogP contribution is 2.28. The molecule has 3 nitrogen and oxygen atoms in total. The number of fused-ring (bicyclic) bond motifs is 1. The number of anilines is 1. The first-order valence-electron chi connectivity index (χ1n) is 8.49. The molecule has 0 aliphatic rings. The van der Waals surface area contributed by atoms with Gasteiger partial charge in [0.25, 0.3) is 0 Å². The van der Waals surface area contributed by atoms with E-state index in [9.17, 15) is 4.79 Å². The van der Waals surface area contributed by atoms with Crippen LogP contribution in [0.25, 0.3) is 10.2 Å². The number of aromatic nitrogens is 1. The molecule has 4 heteroatoms. The summed E-state index contributed by atoms with van der Waals surface area (Å²) < 4.78 is 1.08. The lowest BCUT2D eigenvalue weighted by atomic mass is 9.90. The Bertz CT molecular complexity index is 1000. The van der Waals surface area contributed by atoms with E-state index in [1.165, 1.54) is 0 Å². The van der Waals surface area contributed by atoms with Crippen LogP contribution in [0.1, 0.15) is 22.1 Å². The maximum absolute atomic E-state index is 13.1. The van der Waals surface area contributed by atoms with Gasteiger partial charge >= 0.3 is 0 Å². The molecule has 1 amide bonds. The first-order valence-corrected chi connectivity index (χ1v) is 9.30. The van der Waals surface area contributed by atoms with Crippen LogP contribution in [0, 0.1) is 6.92 Å². The second-order valence-electron chi connectivity index (χ2n) is 6.16. The molecule has 1 heterocycles. The zero-order valence-electron chi connectivity index (χ0n) is 14.3. The molecule has 0 aliphatic carbocycles. The maximum atomic E-state index is 13.1. The molecule has 0 bridgehead atoms. The third kappa shape index (κ3) is 3.37. The van der Waals surface area contributed by atoms with Crippen LogP contribution in [0.2, 0.25) is 0 Å². The lowest BCUT2D eigenvalue weighted by molar-refractivity contribution is -0.116. The number of hydrogen-bond acceptors (Lipinski definition) is 3. The SMILES string of the molecule is Cc1nc2ccc(NC(=O)C(c3ccccc3)c3ccccc3)cc2s1. The molecule has 0 aliphatic heterocycles. The Labute approximate surface area is 156 Å². The zero-order chi connectivity index (χ0) is 17.9. The average molecular weight is 358 g/mol. The molecule has 128 valence electrons. The van der Waals surface area contributed by atoms with Crippen molar-refractivity contribution in [2.24, 2.45) is 0 Å². The van der Waals surface area contributed by atoms with Gasteiger partial charge in [-0.15, -0.1) is 11.3 Å². The maximum Gasteiger partial charge on any atom is 0.236 e. The highest BCUT2D eigenvalue weighted by Gasteiger charge is 2.22. The van der Waals surface area contributed by atoms with E-state index in [0.717, 1.165) is 32.0 Å². The van der Waals surface area contributed by atoms with Crippen LogP contribution in [-0.2, 0) is 4.79 Å². The van der Waals surface area contributed by atoms with Crippen molar-refractivity contribution >= 4 is 33.1 Å². The van der Waals surface area contributed by atoms with Crippen molar-refractivity contribution in [3.63, 3.8) is 0 Å². The molecular formula is C22H18N2OS. The number of benzene rings is 3. The van der Waals surface area contributed by atoms with E-state index < -0.39 is 0 Å². The predicted octanol–water partition coefficient (Wildman–Crippen LogP) is 5.38. The van der Waals surface area contributed by atoms with Crippen LogP contribution < -0.4 is 5.32 Å². The normalized spacial score (nSPS) is 11.0. The number of rotatable bonds is 4. The summed E-state index contributed by atoms with van der Waals surface area (Å²) >= 11 is 1.63. The Hall–Kier alpha value is -2.98. The van der Waals surface area contributed by atoms with Crippen LogP contribution in [0.5, 0.6) is 0 Å². The first kappa shape index (κ1) is 16.5. The van der Waals surface area contributed by atoms with E-state index in [1.807, 2.05) is 85.8 Å². The summed E-state index contributed by atoms with van der Waals surface area (Å²) in [6, 6.07) is 25.6. The van der Waals surface area contributed by atoms with Crippen molar-refractivity contribution in [2.75, 3.05) is 5.32 Å². The van der Waals surface area contributed by atoms with Crippen LogP contribution in [0.15, 0.2) is 78.9 Å². The van der Waals surface area contributed by atoms with Crippen molar-refractivity contribution in [2.45, 2.75) is 12.8 Å². The molecule has 1 aromatic heterocycles. The van der Waals surface area contributed by atoms with Crippen molar-refractivity contribution < 1.29 is 4.79 Å². The van der Waals surface area contributed by atoms with Crippen LogP contribution in [0.3, 0.4) is 0 Å². The molecule has 0 fully saturated rings. The van der Waals surface area contributed by atoms with Crippen LogP contribution in [-0.4, -0.2) is 10.9 Å². The number of carbonyl (C=O) groups excluding carboxylic acids is 1. The second-order valence-corrected chi connectivity index (χ2v) is 7.39. The van der Waals surface area contributed by atoms with Crippen molar-refractivity contribution in [3.05, 3.63) is 95.0 Å². The minimum atomic E-state index is -0.351.